The number of hydrogen-bond donors (Lipinski definition) is 1. The van der Waals surface area contributed by atoms with E-state index in [1.807, 2.05) is 42.5 Å². The van der Waals surface area contributed by atoms with Crippen molar-refractivity contribution >= 4 is 60.1 Å². The molecule has 3 aromatic carbocycles. The summed E-state index contributed by atoms with van der Waals surface area (Å²) >= 11 is 4.81. The first kappa shape index (κ1) is 21.6. The summed E-state index contributed by atoms with van der Waals surface area (Å²) in [6, 6.07) is 21.4. The molecule has 1 aliphatic heterocycles. The summed E-state index contributed by atoms with van der Waals surface area (Å²) in [5.74, 6) is -1.62. The van der Waals surface area contributed by atoms with Gasteiger partial charge in [0.25, 0.3) is 5.78 Å². The van der Waals surface area contributed by atoms with Crippen molar-refractivity contribution in [2.45, 2.75) is 19.4 Å². The summed E-state index contributed by atoms with van der Waals surface area (Å²) in [6.07, 6.45) is 0.893. The van der Waals surface area contributed by atoms with Crippen molar-refractivity contribution in [3.63, 3.8) is 0 Å². The van der Waals surface area contributed by atoms with E-state index in [2.05, 4.69) is 33.9 Å². The zero-order valence-electron chi connectivity index (χ0n) is 17.7. The maximum atomic E-state index is 13.3. The van der Waals surface area contributed by atoms with Crippen LogP contribution in [0.3, 0.4) is 0 Å². The molecule has 1 aromatic heterocycles. The summed E-state index contributed by atoms with van der Waals surface area (Å²) in [6.45, 7) is 2.08. The second kappa shape index (κ2) is 8.57. The molecule has 1 atom stereocenters. The lowest BCUT2D eigenvalue weighted by atomic mass is 9.95. The molecule has 1 aliphatic rings. The Morgan fingerprint density at radius 3 is 2.48 bits per heavy atom. The highest BCUT2D eigenvalue weighted by molar-refractivity contribution is 9.10. The van der Waals surface area contributed by atoms with Gasteiger partial charge in [0.1, 0.15) is 5.76 Å². The number of ketones is 1. The van der Waals surface area contributed by atoms with Crippen molar-refractivity contribution in [1.29, 1.82) is 0 Å². The molecule has 0 radical (unpaired) electrons. The number of halogens is 1. The number of benzene rings is 3. The van der Waals surface area contributed by atoms with E-state index in [9.17, 15) is 14.7 Å². The molecule has 0 aliphatic carbocycles. The predicted molar refractivity (Wildman–Crippen MR) is 134 cm³/mol. The third-order valence-corrected chi connectivity index (χ3v) is 7.28. The molecule has 1 N–H and O–H groups in total. The van der Waals surface area contributed by atoms with Crippen LogP contribution in [0, 0.1) is 0 Å². The molecular weight excluding hydrogens is 500 g/mol. The molecular formula is C26H19BrN2O3S. The van der Waals surface area contributed by atoms with E-state index in [-0.39, 0.29) is 11.3 Å². The van der Waals surface area contributed by atoms with E-state index < -0.39 is 17.7 Å². The Morgan fingerprint density at radius 1 is 1.06 bits per heavy atom. The number of aliphatic hydroxyl groups excluding tert-OH is 1. The Kier molecular flexibility index (Phi) is 5.60. The van der Waals surface area contributed by atoms with Gasteiger partial charge < -0.3 is 5.11 Å². The third kappa shape index (κ3) is 3.77. The number of carbonyl (C=O) groups is 2. The summed E-state index contributed by atoms with van der Waals surface area (Å²) in [5, 5.41) is 11.6. The van der Waals surface area contributed by atoms with Crippen LogP contribution in [-0.2, 0) is 16.0 Å². The minimum atomic E-state index is -0.787. The number of aliphatic hydroxyl groups is 1. The van der Waals surface area contributed by atoms with Crippen LogP contribution >= 0.6 is 27.3 Å². The largest absolute Gasteiger partial charge is 0.507 e. The number of anilines is 1. The second-order valence-electron chi connectivity index (χ2n) is 7.74. The van der Waals surface area contributed by atoms with Crippen LogP contribution in [0.1, 0.15) is 29.7 Å². The van der Waals surface area contributed by atoms with E-state index in [4.69, 9.17) is 0 Å². The van der Waals surface area contributed by atoms with Gasteiger partial charge >= 0.3 is 5.91 Å². The minimum absolute atomic E-state index is 0.0574. The number of aromatic nitrogens is 1. The molecule has 1 fully saturated rings. The lowest BCUT2D eigenvalue weighted by molar-refractivity contribution is -0.132. The molecule has 33 heavy (non-hydrogen) atoms. The average molecular weight is 519 g/mol. The number of nitrogens with zero attached hydrogens (tertiary/aromatic N) is 2. The van der Waals surface area contributed by atoms with Gasteiger partial charge in [-0.15, -0.1) is 0 Å². The molecule has 7 heteroatoms. The standard InChI is InChI=1S/C26H19BrN2O3S/c1-2-15-8-13-19-20(14-15)33-26(28-19)29-22(16-9-11-18(27)12-10-16)21(24(31)25(29)32)23(30)17-6-4-3-5-7-17/h3-14,22,30H,2H2,1H3. The summed E-state index contributed by atoms with van der Waals surface area (Å²) in [4.78, 5) is 32.6. The molecule has 5 rings (SSSR count). The van der Waals surface area contributed by atoms with Gasteiger partial charge in [-0.25, -0.2) is 4.98 Å². The monoisotopic (exact) mass is 518 g/mol. The van der Waals surface area contributed by atoms with Crippen LogP contribution in [0.5, 0.6) is 0 Å². The van der Waals surface area contributed by atoms with Gasteiger partial charge in [-0.2, -0.15) is 0 Å². The van der Waals surface area contributed by atoms with Gasteiger partial charge in [-0.3, -0.25) is 14.5 Å². The fourth-order valence-electron chi connectivity index (χ4n) is 4.02. The number of fused-ring (bicyclic) bond motifs is 1. The first-order valence-corrected chi connectivity index (χ1v) is 12.1. The zero-order chi connectivity index (χ0) is 23.1. The smallest absolute Gasteiger partial charge is 0.301 e. The summed E-state index contributed by atoms with van der Waals surface area (Å²) < 4.78 is 1.82. The van der Waals surface area contributed by atoms with E-state index in [0.29, 0.717) is 16.3 Å². The van der Waals surface area contributed by atoms with Crippen LogP contribution in [0.15, 0.2) is 82.8 Å². The van der Waals surface area contributed by atoms with Crippen molar-refractivity contribution in [2.24, 2.45) is 0 Å². The van der Waals surface area contributed by atoms with Crippen LogP contribution in [0.25, 0.3) is 16.0 Å². The Morgan fingerprint density at radius 2 is 1.79 bits per heavy atom. The van der Waals surface area contributed by atoms with Crippen molar-refractivity contribution < 1.29 is 14.7 Å². The van der Waals surface area contributed by atoms with Gasteiger partial charge in [0.2, 0.25) is 0 Å². The van der Waals surface area contributed by atoms with E-state index >= 15 is 0 Å². The van der Waals surface area contributed by atoms with Gasteiger partial charge in [-0.1, -0.05) is 82.7 Å². The average Bonchev–Trinajstić information content (AvgIpc) is 3.37. The highest BCUT2D eigenvalue weighted by Gasteiger charge is 2.48. The zero-order valence-corrected chi connectivity index (χ0v) is 20.1. The Hall–Kier alpha value is -3.29. The van der Waals surface area contributed by atoms with Crippen molar-refractivity contribution in [1.82, 2.24) is 4.98 Å². The van der Waals surface area contributed by atoms with Crippen molar-refractivity contribution in [3.05, 3.63) is 99.5 Å². The van der Waals surface area contributed by atoms with Gasteiger partial charge in [0, 0.05) is 10.0 Å². The summed E-state index contributed by atoms with van der Waals surface area (Å²) in [5.41, 5.74) is 3.19. The number of carbonyl (C=O) groups excluding carboxylic acids is 2. The summed E-state index contributed by atoms with van der Waals surface area (Å²) in [7, 11) is 0. The fraction of sp³-hybridized carbons (Fsp3) is 0.115. The minimum Gasteiger partial charge on any atom is -0.507 e. The predicted octanol–water partition coefficient (Wildman–Crippen LogP) is 6.25. The first-order chi connectivity index (χ1) is 16.0. The maximum absolute atomic E-state index is 13.3. The molecule has 0 spiro atoms. The number of thiazole rings is 1. The van der Waals surface area contributed by atoms with Crippen molar-refractivity contribution in [3.8, 4) is 0 Å². The second-order valence-corrected chi connectivity index (χ2v) is 9.66. The fourth-order valence-corrected chi connectivity index (χ4v) is 5.34. The van der Waals surface area contributed by atoms with E-state index in [0.717, 1.165) is 21.1 Å². The lowest BCUT2D eigenvalue weighted by Gasteiger charge is -2.23. The molecule has 0 saturated carbocycles. The Bertz CT molecular complexity index is 1410. The van der Waals surface area contributed by atoms with Gasteiger partial charge in [0.05, 0.1) is 21.8 Å². The molecule has 4 aromatic rings. The van der Waals surface area contributed by atoms with E-state index in [1.165, 1.54) is 21.8 Å². The van der Waals surface area contributed by atoms with Crippen LogP contribution in [0.4, 0.5) is 5.13 Å². The molecule has 1 amide bonds. The molecule has 1 unspecified atom stereocenters. The quantitative estimate of drug-likeness (QED) is 0.197. The SMILES string of the molecule is CCc1ccc2nc(N3C(=O)C(=O)C(=C(O)c4ccccc4)C3c3ccc(Br)cc3)sc2c1. The number of Topliss-reactive ketones (excluding diaryl/α,β-unsaturated/α-hetero) is 1. The lowest BCUT2D eigenvalue weighted by Crippen LogP contribution is -2.29. The third-order valence-electron chi connectivity index (χ3n) is 5.73. The van der Waals surface area contributed by atoms with Crippen molar-refractivity contribution in [2.75, 3.05) is 4.90 Å². The van der Waals surface area contributed by atoms with E-state index in [1.54, 1.807) is 24.3 Å². The van der Waals surface area contributed by atoms with Gasteiger partial charge in [0.15, 0.2) is 5.13 Å². The highest BCUT2D eigenvalue weighted by Crippen LogP contribution is 2.44. The Balaban J connectivity index is 1.72. The topological polar surface area (TPSA) is 70.5 Å². The molecule has 164 valence electrons. The molecule has 5 nitrogen and oxygen atoms in total. The molecule has 0 bridgehead atoms. The first-order valence-electron chi connectivity index (χ1n) is 10.5. The number of hydrogen-bond acceptors (Lipinski definition) is 5. The normalized spacial score (nSPS) is 17.8. The van der Waals surface area contributed by atoms with Crippen LogP contribution in [-0.4, -0.2) is 21.8 Å². The maximum Gasteiger partial charge on any atom is 0.301 e. The Labute approximate surface area is 203 Å². The van der Waals surface area contributed by atoms with Crippen LogP contribution in [0.2, 0.25) is 0 Å². The highest BCUT2D eigenvalue weighted by atomic mass is 79.9. The number of amides is 1. The number of aryl methyl sites for hydroxylation is 1. The molecule has 2 heterocycles. The van der Waals surface area contributed by atoms with Gasteiger partial charge in [-0.05, 0) is 41.8 Å². The van der Waals surface area contributed by atoms with Crippen LogP contribution < -0.4 is 4.90 Å². The molecule has 1 saturated heterocycles. The number of rotatable bonds is 4.